The molecule has 0 saturated carbocycles. The van der Waals surface area contributed by atoms with Crippen LogP contribution in [0.5, 0.6) is 0 Å². The number of rotatable bonds is 6. The molecule has 1 aromatic rings. The van der Waals surface area contributed by atoms with E-state index in [2.05, 4.69) is 4.98 Å². The summed E-state index contributed by atoms with van der Waals surface area (Å²) < 4.78 is 0. The van der Waals surface area contributed by atoms with Crippen LogP contribution in [0.15, 0.2) is 12.3 Å². The van der Waals surface area contributed by atoms with E-state index in [1.807, 2.05) is 6.92 Å². The number of hydrogen-bond donors (Lipinski definition) is 1. The molecule has 0 aliphatic rings. The number of carboxylic acids is 1. The minimum Gasteiger partial charge on any atom is -0.480 e. The molecule has 0 radical (unpaired) electrons. The van der Waals surface area contributed by atoms with Crippen molar-refractivity contribution < 1.29 is 14.8 Å². The topological polar surface area (TPSA) is 96.6 Å². The SMILES string of the molecule is CCCN(CC(=O)O)c1cc(C)c([N+](=O)[O-])cn1. The van der Waals surface area contributed by atoms with E-state index in [4.69, 9.17) is 5.11 Å². The highest BCUT2D eigenvalue weighted by molar-refractivity contribution is 5.73. The van der Waals surface area contributed by atoms with E-state index in [0.717, 1.165) is 12.6 Å². The largest absolute Gasteiger partial charge is 0.480 e. The molecule has 0 amide bonds. The Labute approximate surface area is 104 Å². The van der Waals surface area contributed by atoms with E-state index >= 15 is 0 Å². The van der Waals surface area contributed by atoms with Crippen molar-refractivity contribution in [3.05, 3.63) is 27.9 Å². The Morgan fingerprint density at radius 2 is 2.28 bits per heavy atom. The van der Waals surface area contributed by atoms with Crippen molar-refractivity contribution in [1.82, 2.24) is 4.98 Å². The standard InChI is InChI=1S/C11H15N3O4/c1-3-4-13(7-11(15)16)10-5-8(2)9(6-12-10)14(17)18/h5-6H,3-4,7H2,1-2H3,(H,15,16). The summed E-state index contributed by atoms with van der Waals surface area (Å²) in [5, 5.41) is 19.5. The molecule has 7 nitrogen and oxygen atoms in total. The fourth-order valence-electron chi connectivity index (χ4n) is 1.61. The maximum atomic E-state index is 10.7. The van der Waals surface area contributed by atoms with Crippen LogP contribution in [0.4, 0.5) is 11.5 Å². The number of nitro groups is 1. The van der Waals surface area contributed by atoms with Gasteiger partial charge >= 0.3 is 5.97 Å². The molecule has 1 heterocycles. The number of aromatic nitrogens is 1. The van der Waals surface area contributed by atoms with Gasteiger partial charge in [-0.25, -0.2) is 4.98 Å². The van der Waals surface area contributed by atoms with E-state index < -0.39 is 10.9 Å². The molecule has 0 saturated heterocycles. The molecule has 0 fully saturated rings. The van der Waals surface area contributed by atoms with Gasteiger partial charge in [-0.2, -0.15) is 0 Å². The third-order valence-electron chi connectivity index (χ3n) is 2.41. The predicted molar refractivity (Wildman–Crippen MR) is 65.8 cm³/mol. The first kappa shape index (κ1) is 13.9. The van der Waals surface area contributed by atoms with Gasteiger partial charge in [0.2, 0.25) is 0 Å². The average molecular weight is 253 g/mol. The van der Waals surface area contributed by atoms with Crippen molar-refractivity contribution in [2.24, 2.45) is 0 Å². The van der Waals surface area contributed by atoms with Crippen LogP contribution in [-0.4, -0.2) is 34.1 Å². The van der Waals surface area contributed by atoms with Crippen LogP contribution in [0.3, 0.4) is 0 Å². The van der Waals surface area contributed by atoms with Gasteiger partial charge in [0.25, 0.3) is 5.69 Å². The highest BCUT2D eigenvalue weighted by atomic mass is 16.6. The molecular formula is C11H15N3O4. The lowest BCUT2D eigenvalue weighted by atomic mass is 10.2. The first-order valence-corrected chi connectivity index (χ1v) is 5.53. The maximum absolute atomic E-state index is 10.7. The predicted octanol–water partition coefficient (Wildman–Crippen LogP) is 1.60. The summed E-state index contributed by atoms with van der Waals surface area (Å²) in [6, 6.07) is 1.54. The Hall–Kier alpha value is -2.18. The Morgan fingerprint density at radius 3 is 2.72 bits per heavy atom. The van der Waals surface area contributed by atoms with Crippen LogP contribution in [-0.2, 0) is 4.79 Å². The first-order valence-electron chi connectivity index (χ1n) is 5.53. The van der Waals surface area contributed by atoms with E-state index in [-0.39, 0.29) is 12.2 Å². The normalized spacial score (nSPS) is 10.1. The second-order valence-corrected chi connectivity index (χ2v) is 3.90. The summed E-state index contributed by atoms with van der Waals surface area (Å²) in [6.45, 7) is 3.90. The molecule has 7 heteroatoms. The summed E-state index contributed by atoms with van der Waals surface area (Å²) >= 11 is 0. The Balaban J connectivity index is 3.02. The lowest BCUT2D eigenvalue weighted by molar-refractivity contribution is -0.385. The zero-order valence-corrected chi connectivity index (χ0v) is 10.3. The van der Waals surface area contributed by atoms with Crippen molar-refractivity contribution in [3.63, 3.8) is 0 Å². The van der Waals surface area contributed by atoms with Gasteiger partial charge in [0.1, 0.15) is 18.6 Å². The third-order valence-corrected chi connectivity index (χ3v) is 2.41. The number of carbonyl (C=O) groups is 1. The van der Waals surface area contributed by atoms with Crippen LogP contribution in [0.2, 0.25) is 0 Å². The number of nitrogens with zero attached hydrogens (tertiary/aromatic N) is 3. The molecule has 0 aliphatic carbocycles. The summed E-state index contributed by atoms with van der Waals surface area (Å²) in [7, 11) is 0. The molecule has 1 aromatic heterocycles. The Bertz CT molecular complexity index is 462. The van der Waals surface area contributed by atoms with Crippen molar-refractivity contribution in [2.45, 2.75) is 20.3 Å². The van der Waals surface area contributed by atoms with Crippen LogP contribution in [0, 0.1) is 17.0 Å². The molecule has 18 heavy (non-hydrogen) atoms. The summed E-state index contributed by atoms with van der Waals surface area (Å²) in [5.74, 6) is -0.511. The van der Waals surface area contributed by atoms with Gasteiger partial charge in [0.05, 0.1) is 4.92 Å². The van der Waals surface area contributed by atoms with Crippen molar-refractivity contribution in [3.8, 4) is 0 Å². The number of aliphatic carboxylic acids is 1. The summed E-state index contributed by atoms with van der Waals surface area (Å²) in [5.41, 5.74) is 0.405. The molecule has 98 valence electrons. The van der Waals surface area contributed by atoms with Gasteiger partial charge in [-0.15, -0.1) is 0 Å². The minimum atomic E-state index is -0.957. The van der Waals surface area contributed by atoms with Crippen molar-refractivity contribution in [1.29, 1.82) is 0 Å². The molecule has 0 aromatic carbocycles. The van der Waals surface area contributed by atoms with Crippen LogP contribution in [0.1, 0.15) is 18.9 Å². The van der Waals surface area contributed by atoms with Gasteiger partial charge in [-0.05, 0) is 19.4 Å². The highest BCUT2D eigenvalue weighted by Gasteiger charge is 2.16. The average Bonchev–Trinajstić information content (AvgIpc) is 2.27. The van der Waals surface area contributed by atoms with Crippen LogP contribution in [0.25, 0.3) is 0 Å². The molecule has 1 N–H and O–H groups in total. The van der Waals surface area contributed by atoms with Crippen LogP contribution >= 0.6 is 0 Å². The molecule has 0 bridgehead atoms. The van der Waals surface area contributed by atoms with E-state index in [9.17, 15) is 14.9 Å². The summed E-state index contributed by atoms with van der Waals surface area (Å²) in [4.78, 5) is 26.4. The quantitative estimate of drug-likeness (QED) is 0.611. The fourth-order valence-corrected chi connectivity index (χ4v) is 1.61. The Morgan fingerprint density at radius 1 is 1.61 bits per heavy atom. The smallest absolute Gasteiger partial charge is 0.323 e. The molecule has 0 atom stereocenters. The van der Waals surface area contributed by atoms with E-state index in [1.165, 1.54) is 6.07 Å². The van der Waals surface area contributed by atoms with E-state index in [1.54, 1.807) is 11.8 Å². The molecule has 1 rings (SSSR count). The minimum absolute atomic E-state index is 0.0643. The number of aryl methyl sites for hydroxylation is 1. The Kier molecular flexibility index (Phi) is 4.59. The maximum Gasteiger partial charge on any atom is 0.323 e. The van der Waals surface area contributed by atoms with Gasteiger partial charge < -0.3 is 10.0 Å². The van der Waals surface area contributed by atoms with E-state index in [0.29, 0.717) is 17.9 Å². The van der Waals surface area contributed by atoms with Gasteiger partial charge in [-0.3, -0.25) is 14.9 Å². The zero-order chi connectivity index (χ0) is 13.7. The number of carboxylic acid groups (broad SMARTS) is 1. The van der Waals surface area contributed by atoms with Gasteiger partial charge in [0, 0.05) is 12.1 Å². The first-order chi connectivity index (χ1) is 8.45. The number of anilines is 1. The molecule has 0 unspecified atom stereocenters. The van der Waals surface area contributed by atoms with Gasteiger partial charge in [-0.1, -0.05) is 6.92 Å². The second kappa shape index (κ2) is 5.95. The number of pyridine rings is 1. The third kappa shape index (κ3) is 3.41. The second-order valence-electron chi connectivity index (χ2n) is 3.90. The lowest BCUT2D eigenvalue weighted by Gasteiger charge is -2.21. The number of hydrogen-bond acceptors (Lipinski definition) is 5. The monoisotopic (exact) mass is 253 g/mol. The van der Waals surface area contributed by atoms with Gasteiger partial charge in [0.15, 0.2) is 0 Å². The lowest BCUT2D eigenvalue weighted by Crippen LogP contribution is -2.31. The fraction of sp³-hybridized carbons (Fsp3) is 0.455. The summed E-state index contributed by atoms with van der Waals surface area (Å²) in [6.07, 6.45) is 1.93. The van der Waals surface area contributed by atoms with Crippen LogP contribution < -0.4 is 4.90 Å². The molecule has 0 aliphatic heterocycles. The highest BCUT2D eigenvalue weighted by Crippen LogP contribution is 2.21. The molecule has 0 spiro atoms. The van der Waals surface area contributed by atoms with Crippen molar-refractivity contribution >= 4 is 17.5 Å². The zero-order valence-electron chi connectivity index (χ0n) is 10.3. The van der Waals surface area contributed by atoms with Crippen molar-refractivity contribution in [2.75, 3.05) is 18.0 Å². The molecular weight excluding hydrogens is 238 g/mol.